The maximum absolute atomic E-state index is 12.2. The number of carbonyl (C=O) groups excluding carboxylic acids is 2. The van der Waals surface area contributed by atoms with Crippen molar-refractivity contribution < 1.29 is 9.59 Å². The third kappa shape index (κ3) is 3.90. The summed E-state index contributed by atoms with van der Waals surface area (Å²) >= 11 is 7.33. The molecule has 6 heteroatoms. The van der Waals surface area contributed by atoms with Crippen LogP contribution in [0.3, 0.4) is 0 Å². The van der Waals surface area contributed by atoms with Crippen LogP contribution in [-0.4, -0.2) is 35.1 Å². The van der Waals surface area contributed by atoms with Crippen molar-refractivity contribution in [2.24, 2.45) is 5.73 Å². The van der Waals surface area contributed by atoms with Crippen molar-refractivity contribution in [3.8, 4) is 0 Å². The lowest BCUT2D eigenvalue weighted by atomic mass is 10.0. The number of amides is 2. The summed E-state index contributed by atoms with van der Waals surface area (Å²) in [5.41, 5.74) is 5.37. The molecular weight excluding hydrogens is 296 g/mol. The van der Waals surface area contributed by atoms with E-state index in [1.807, 2.05) is 18.2 Å². The molecule has 2 rings (SSSR count). The molecule has 1 atom stereocenters. The predicted molar refractivity (Wildman–Crippen MR) is 80.7 cm³/mol. The van der Waals surface area contributed by atoms with Gasteiger partial charge < -0.3 is 10.6 Å². The molecule has 2 amide bonds. The van der Waals surface area contributed by atoms with Crippen molar-refractivity contribution in [1.82, 2.24) is 4.90 Å². The highest BCUT2D eigenvalue weighted by Crippen LogP contribution is 2.23. The van der Waals surface area contributed by atoms with Crippen molar-refractivity contribution in [2.45, 2.75) is 30.2 Å². The number of benzene rings is 1. The number of carbonyl (C=O) groups is 2. The van der Waals surface area contributed by atoms with E-state index in [1.165, 1.54) is 11.8 Å². The first-order chi connectivity index (χ1) is 9.58. The Labute approximate surface area is 127 Å². The molecule has 1 aromatic rings. The topological polar surface area (TPSA) is 63.4 Å². The number of primary amides is 1. The van der Waals surface area contributed by atoms with E-state index < -0.39 is 11.9 Å². The molecule has 1 heterocycles. The van der Waals surface area contributed by atoms with E-state index in [2.05, 4.69) is 0 Å². The summed E-state index contributed by atoms with van der Waals surface area (Å²) in [6.45, 7) is 0.614. The third-order valence-electron chi connectivity index (χ3n) is 3.31. The molecule has 4 nitrogen and oxygen atoms in total. The van der Waals surface area contributed by atoms with Crippen LogP contribution in [0.4, 0.5) is 0 Å². The first-order valence-corrected chi connectivity index (χ1v) is 7.91. The summed E-state index contributed by atoms with van der Waals surface area (Å²) < 4.78 is 0. The van der Waals surface area contributed by atoms with Gasteiger partial charge in [0.2, 0.25) is 11.8 Å². The second-order valence-corrected chi connectivity index (χ2v) is 6.23. The van der Waals surface area contributed by atoms with Crippen LogP contribution in [0.25, 0.3) is 0 Å². The van der Waals surface area contributed by atoms with Crippen LogP contribution in [0.5, 0.6) is 0 Å². The Hall–Kier alpha value is -1.20. The number of hydrogen-bond donors (Lipinski definition) is 1. The highest BCUT2D eigenvalue weighted by Gasteiger charge is 2.30. The van der Waals surface area contributed by atoms with Crippen molar-refractivity contribution >= 4 is 35.2 Å². The van der Waals surface area contributed by atoms with Gasteiger partial charge in [-0.25, -0.2) is 0 Å². The summed E-state index contributed by atoms with van der Waals surface area (Å²) in [6.07, 6.45) is 2.54. The van der Waals surface area contributed by atoms with Gasteiger partial charge in [-0.05, 0) is 37.5 Å². The van der Waals surface area contributed by atoms with Crippen LogP contribution in [-0.2, 0) is 9.59 Å². The average molecular weight is 313 g/mol. The van der Waals surface area contributed by atoms with Crippen LogP contribution in [0.1, 0.15) is 19.3 Å². The second kappa shape index (κ2) is 6.99. The third-order valence-corrected chi connectivity index (χ3v) is 4.52. The van der Waals surface area contributed by atoms with Gasteiger partial charge in [-0.1, -0.05) is 17.7 Å². The average Bonchev–Trinajstić information content (AvgIpc) is 2.45. The molecule has 1 saturated heterocycles. The molecule has 2 N–H and O–H groups in total. The van der Waals surface area contributed by atoms with Gasteiger partial charge >= 0.3 is 0 Å². The Morgan fingerprint density at radius 3 is 2.90 bits per heavy atom. The quantitative estimate of drug-likeness (QED) is 0.868. The van der Waals surface area contributed by atoms with Gasteiger partial charge in [-0.2, -0.15) is 0 Å². The summed E-state index contributed by atoms with van der Waals surface area (Å²) in [7, 11) is 0. The molecule has 20 heavy (non-hydrogen) atoms. The van der Waals surface area contributed by atoms with E-state index >= 15 is 0 Å². The zero-order chi connectivity index (χ0) is 14.5. The largest absolute Gasteiger partial charge is 0.368 e. The summed E-state index contributed by atoms with van der Waals surface area (Å²) in [5, 5.41) is 0.649. The maximum atomic E-state index is 12.2. The lowest BCUT2D eigenvalue weighted by Crippen LogP contribution is -2.51. The van der Waals surface area contributed by atoms with Crippen LogP contribution in [0, 0.1) is 0 Å². The maximum Gasteiger partial charge on any atom is 0.240 e. The van der Waals surface area contributed by atoms with Gasteiger partial charge in [0.05, 0.1) is 5.75 Å². The smallest absolute Gasteiger partial charge is 0.240 e. The minimum Gasteiger partial charge on any atom is -0.368 e. The molecule has 1 aliphatic rings. The fourth-order valence-electron chi connectivity index (χ4n) is 2.31. The normalized spacial score (nSPS) is 18.9. The first-order valence-electron chi connectivity index (χ1n) is 6.55. The van der Waals surface area contributed by atoms with Crippen molar-refractivity contribution in [3.63, 3.8) is 0 Å². The van der Waals surface area contributed by atoms with Gasteiger partial charge in [0.15, 0.2) is 0 Å². The first kappa shape index (κ1) is 15.2. The zero-order valence-corrected chi connectivity index (χ0v) is 12.6. The van der Waals surface area contributed by atoms with E-state index in [0.29, 0.717) is 23.7 Å². The summed E-state index contributed by atoms with van der Waals surface area (Å²) in [6, 6.07) is 6.92. The Balaban J connectivity index is 1.95. The summed E-state index contributed by atoms with van der Waals surface area (Å²) in [5.74, 6) is -0.159. The Bertz CT molecular complexity index is 510. The molecule has 1 unspecified atom stereocenters. The molecule has 0 aliphatic carbocycles. The lowest BCUT2D eigenvalue weighted by molar-refractivity contribution is -0.138. The van der Waals surface area contributed by atoms with Gasteiger partial charge in [0.1, 0.15) is 6.04 Å². The lowest BCUT2D eigenvalue weighted by Gasteiger charge is -2.33. The molecule has 1 aliphatic heterocycles. The van der Waals surface area contributed by atoms with E-state index in [4.69, 9.17) is 17.3 Å². The standard InChI is InChI=1S/C14H17ClN2O2S/c15-10-4-3-5-11(8-10)20-9-13(18)17-7-2-1-6-12(17)14(16)19/h3-5,8,12H,1-2,6-7,9H2,(H2,16,19). The fourth-order valence-corrected chi connectivity index (χ4v) is 3.41. The van der Waals surface area contributed by atoms with Crippen LogP contribution in [0.15, 0.2) is 29.2 Å². The number of nitrogens with zero attached hydrogens (tertiary/aromatic N) is 1. The molecule has 0 bridgehead atoms. The van der Waals surface area contributed by atoms with Gasteiger partial charge in [-0.15, -0.1) is 11.8 Å². The number of nitrogens with two attached hydrogens (primary N) is 1. The van der Waals surface area contributed by atoms with E-state index in [-0.39, 0.29) is 5.91 Å². The van der Waals surface area contributed by atoms with Crippen molar-refractivity contribution in [1.29, 1.82) is 0 Å². The molecule has 0 radical (unpaired) electrons. The Morgan fingerprint density at radius 2 is 2.20 bits per heavy atom. The molecule has 108 valence electrons. The highest BCUT2D eigenvalue weighted by molar-refractivity contribution is 8.00. The fraction of sp³-hybridized carbons (Fsp3) is 0.429. The molecule has 0 saturated carbocycles. The Kier molecular flexibility index (Phi) is 5.31. The van der Waals surface area contributed by atoms with E-state index in [1.54, 1.807) is 11.0 Å². The second-order valence-electron chi connectivity index (χ2n) is 4.75. The molecule has 1 fully saturated rings. The summed E-state index contributed by atoms with van der Waals surface area (Å²) in [4.78, 5) is 26.2. The van der Waals surface area contributed by atoms with Gasteiger partial charge in [-0.3, -0.25) is 9.59 Å². The van der Waals surface area contributed by atoms with Crippen LogP contribution in [0.2, 0.25) is 5.02 Å². The number of hydrogen-bond acceptors (Lipinski definition) is 3. The number of piperidine rings is 1. The van der Waals surface area contributed by atoms with Crippen LogP contribution >= 0.6 is 23.4 Å². The molecule has 0 aromatic heterocycles. The number of likely N-dealkylation sites (tertiary alicyclic amines) is 1. The predicted octanol–water partition coefficient (Wildman–Crippen LogP) is 2.30. The molecule has 1 aromatic carbocycles. The van der Waals surface area contributed by atoms with E-state index in [0.717, 1.165) is 17.7 Å². The van der Waals surface area contributed by atoms with Gasteiger partial charge in [0.25, 0.3) is 0 Å². The highest BCUT2D eigenvalue weighted by atomic mass is 35.5. The molecular formula is C14H17ClN2O2S. The SMILES string of the molecule is NC(=O)C1CCCCN1C(=O)CSc1cccc(Cl)c1. The number of halogens is 1. The number of thioether (sulfide) groups is 1. The Morgan fingerprint density at radius 1 is 1.40 bits per heavy atom. The zero-order valence-electron chi connectivity index (χ0n) is 11.0. The van der Waals surface area contributed by atoms with E-state index in [9.17, 15) is 9.59 Å². The molecule has 0 spiro atoms. The minimum absolute atomic E-state index is 0.0431. The van der Waals surface area contributed by atoms with Crippen LogP contribution < -0.4 is 5.73 Å². The van der Waals surface area contributed by atoms with Crippen molar-refractivity contribution in [2.75, 3.05) is 12.3 Å². The van der Waals surface area contributed by atoms with Crippen molar-refractivity contribution in [3.05, 3.63) is 29.3 Å². The minimum atomic E-state index is -0.448. The van der Waals surface area contributed by atoms with Gasteiger partial charge in [0, 0.05) is 16.5 Å². The monoisotopic (exact) mass is 312 g/mol. The number of rotatable bonds is 4.